The highest BCUT2D eigenvalue weighted by Crippen LogP contribution is 2.32. The third-order valence-corrected chi connectivity index (χ3v) is 3.68. The Morgan fingerprint density at radius 3 is 2.72 bits per heavy atom. The first-order chi connectivity index (χ1) is 12.1. The summed E-state index contributed by atoms with van der Waals surface area (Å²) in [6.07, 6.45) is 0.847. The van der Waals surface area contributed by atoms with Crippen LogP contribution in [0.25, 0.3) is 0 Å². The summed E-state index contributed by atoms with van der Waals surface area (Å²) in [7, 11) is 0. The van der Waals surface area contributed by atoms with Crippen LogP contribution < -0.4 is 19.5 Å². The maximum Gasteiger partial charge on any atom is 0.255 e. The van der Waals surface area contributed by atoms with Crippen molar-refractivity contribution in [2.75, 3.05) is 25.1 Å². The van der Waals surface area contributed by atoms with Gasteiger partial charge in [0.1, 0.15) is 5.75 Å². The fourth-order valence-corrected chi connectivity index (χ4v) is 2.43. The highest BCUT2D eigenvalue weighted by Gasteiger charge is 2.13. The minimum atomic E-state index is -0.190. The molecule has 2 aromatic rings. The van der Waals surface area contributed by atoms with Crippen LogP contribution in [0.2, 0.25) is 0 Å². The van der Waals surface area contributed by atoms with E-state index in [9.17, 15) is 4.79 Å². The highest BCUT2D eigenvalue weighted by molar-refractivity contribution is 6.04. The van der Waals surface area contributed by atoms with E-state index in [1.165, 1.54) is 0 Å². The van der Waals surface area contributed by atoms with E-state index in [-0.39, 0.29) is 5.91 Å². The van der Waals surface area contributed by atoms with Gasteiger partial charge in [-0.1, -0.05) is 19.9 Å². The first-order valence-electron chi connectivity index (χ1n) is 8.55. The first kappa shape index (κ1) is 17.1. The van der Waals surface area contributed by atoms with Crippen LogP contribution in [-0.4, -0.2) is 25.7 Å². The van der Waals surface area contributed by atoms with Crippen molar-refractivity contribution < 1.29 is 19.0 Å². The Labute approximate surface area is 147 Å². The van der Waals surface area contributed by atoms with E-state index >= 15 is 0 Å². The predicted molar refractivity (Wildman–Crippen MR) is 96.8 cm³/mol. The highest BCUT2D eigenvalue weighted by atomic mass is 16.5. The molecule has 0 radical (unpaired) electrons. The average molecular weight is 341 g/mol. The molecule has 0 saturated carbocycles. The van der Waals surface area contributed by atoms with Gasteiger partial charge in [-0.05, 0) is 36.2 Å². The molecule has 1 aliphatic rings. The minimum absolute atomic E-state index is 0.190. The molecular weight excluding hydrogens is 318 g/mol. The van der Waals surface area contributed by atoms with Crippen molar-refractivity contribution in [1.29, 1.82) is 0 Å². The van der Waals surface area contributed by atoms with E-state index in [1.54, 1.807) is 18.2 Å². The van der Waals surface area contributed by atoms with Crippen LogP contribution in [0.1, 0.15) is 30.6 Å². The van der Waals surface area contributed by atoms with Crippen molar-refractivity contribution in [2.24, 2.45) is 5.92 Å². The van der Waals surface area contributed by atoms with Crippen LogP contribution in [0.4, 0.5) is 5.69 Å². The maximum atomic E-state index is 12.5. The number of rotatable bonds is 5. The second-order valence-corrected chi connectivity index (χ2v) is 6.40. The molecule has 0 fully saturated rings. The summed E-state index contributed by atoms with van der Waals surface area (Å²) >= 11 is 0. The number of hydrogen-bond donors (Lipinski definition) is 1. The molecule has 1 N–H and O–H groups in total. The summed E-state index contributed by atoms with van der Waals surface area (Å²) < 4.78 is 16.9. The van der Waals surface area contributed by atoms with Gasteiger partial charge in [0, 0.05) is 23.7 Å². The van der Waals surface area contributed by atoms with E-state index in [4.69, 9.17) is 14.2 Å². The Morgan fingerprint density at radius 1 is 1.12 bits per heavy atom. The van der Waals surface area contributed by atoms with E-state index in [0.29, 0.717) is 54.2 Å². The van der Waals surface area contributed by atoms with Gasteiger partial charge in [-0.3, -0.25) is 4.79 Å². The summed E-state index contributed by atoms with van der Waals surface area (Å²) in [6.45, 7) is 6.04. The van der Waals surface area contributed by atoms with Gasteiger partial charge in [0.15, 0.2) is 11.5 Å². The number of amides is 1. The SMILES string of the molecule is CC(C)COc1cccc(C(=O)Nc2ccc3c(c2)OCCCO3)c1. The van der Waals surface area contributed by atoms with Crippen LogP contribution in [0.15, 0.2) is 42.5 Å². The lowest BCUT2D eigenvalue weighted by Gasteiger charge is -2.12. The van der Waals surface area contributed by atoms with Gasteiger partial charge in [0.2, 0.25) is 0 Å². The number of hydrogen-bond acceptors (Lipinski definition) is 4. The molecule has 5 nitrogen and oxygen atoms in total. The number of carbonyl (C=O) groups is 1. The van der Waals surface area contributed by atoms with Gasteiger partial charge < -0.3 is 19.5 Å². The number of anilines is 1. The van der Waals surface area contributed by atoms with E-state index in [1.807, 2.05) is 24.3 Å². The Hall–Kier alpha value is -2.69. The second kappa shape index (κ2) is 7.92. The smallest absolute Gasteiger partial charge is 0.255 e. The molecule has 1 heterocycles. The topological polar surface area (TPSA) is 56.8 Å². The van der Waals surface area contributed by atoms with Crippen LogP contribution in [0.5, 0.6) is 17.2 Å². The van der Waals surface area contributed by atoms with Crippen LogP contribution >= 0.6 is 0 Å². The van der Waals surface area contributed by atoms with Gasteiger partial charge >= 0.3 is 0 Å². The molecule has 0 aliphatic carbocycles. The second-order valence-electron chi connectivity index (χ2n) is 6.40. The average Bonchev–Trinajstić information content (AvgIpc) is 2.85. The molecule has 132 valence electrons. The molecule has 0 aromatic heterocycles. The minimum Gasteiger partial charge on any atom is -0.493 e. The predicted octanol–water partition coefficient (Wildman–Crippen LogP) is 4.14. The lowest BCUT2D eigenvalue weighted by Crippen LogP contribution is -2.12. The van der Waals surface area contributed by atoms with Crippen LogP contribution in [0.3, 0.4) is 0 Å². The third-order valence-electron chi connectivity index (χ3n) is 3.68. The Bertz CT molecular complexity index is 742. The molecule has 0 atom stereocenters. The molecular formula is C20H23NO4. The van der Waals surface area contributed by atoms with Crippen molar-refractivity contribution in [3.63, 3.8) is 0 Å². The molecule has 0 saturated heterocycles. The lowest BCUT2D eigenvalue weighted by molar-refractivity contribution is 0.102. The van der Waals surface area contributed by atoms with Crippen molar-refractivity contribution >= 4 is 11.6 Å². The normalized spacial score (nSPS) is 13.2. The summed E-state index contributed by atoms with van der Waals surface area (Å²) in [5.74, 6) is 2.30. The van der Waals surface area contributed by atoms with Crippen LogP contribution in [-0.2, 0) is 0 Å². The van der Waals surface area contributed by atoms with E-state index in [2.05, 4.69) is 19.2 Å². The maximum absolute atomic E-state index is 12.5. The molecule has 5 heteroatoms. The summed E-state index contributed by atoms with van der Waals surface area (Å²) in [6, 6.07) is 12.6. The third kappa shape index (κ3) is 4.66. The largest absolute Gasteiger partial charge is 0.493 e. The van der Waals surface area contributed by atoms with E-state index in [0.717, 1.165) is 6.42 Å². The molecule has 1 aliphatic heterocycles. The quantitative estimate of drug-likeness (QED) is 0.888. The molecule has 25 heavy (non-hydrogen) atoms. The zero-order chi connectivity index (χ0) is 17.6. The number of fused-ring (bicyclic) bond motifs is 1. The van der Waals surface area contributed by atoms with Gasteiger partial charge in [-0.25, -0.2) is 0 Å². The number of carbonyl (C=O) groups excluding carboxylic acids is 1. The number of ether oxygens (including phenoxy) is 3. The van der Waals surface area contributed by atoms with Gasteiger partial charge in [0.05, 0.1) is 19.8 Å². The van der Waals surface area contributed by atoms with Gasteiger partial charge in [-0.15, -0.1) is 0 Å². The molecule has 2 aromatic carbocycles. The Kier molecular flexibility index (Phi) is 5.43. The van der Waals surface area contributed by atoms with Gasteiger partial charge in [-0.2, -0.15) is 0 Å². The lowest BCUT2D eigenvalue weighted by atomic mass is 10.2. The molecule has 0 spiro atoms. The summed E-state index contributed by atoms with van der Waals surface area (Å²) in [5.41, 5.74) is 1.22. The number of nitrogens with one attached hydrogen (secondary N) is 1. The van der Waals surface area contributed by atoms with Crippen molar-refractivity contribution in [3.8, 4) is 17.2 Å². The Morgan fingerprint density at radius 2 is 1.92 bits per heavy atom. The van der Waals surface area contributed by atoms with Crippen molar-refractivity contribution in [3.05, 3.63) is 48.0 Å². The summed E-state index contributed by atoms with van der Waals surface area (Å²) in [5, 5.41) is 2.89. The standard InChI is InChI=1S/C20H23NO4/c1-14(2)13-25-17-6-3-5-15(11-17)20(22)21-16-7-8-18-19(12-16)24-10-4-9-23-18/h3,5-8,11-12,14H,4,9-10,13H2,1-2H3,(H,21,22). The van der Waals surface area contributed by atoms with Crippen LogP contribution in [0, 0.1) is 5.92 Å². The fraction of sp³-hybridized carbons (Fsp3) is 0.350. The first-order valence-corrected chi connectivity index (χ1v) is 8.55. The zero-order valence-electron chi connectivity index (χ0n) is 14.6. The molecule has 3 rings (SSSR count). The monoisotopic (exact) mass is 341 g/mol. The molecule has 0 unspecified atom stereocenters. The number of benzene rings is 2. The Balaban J connectivity index is 1.70. The van der Waals surface area contributed by atoms with E-state index < -0.39 is 0 Å². The van der Waals surface area contributed by atoms with Crippen molar-refractivity contribution in [1.82, 2.24) is 0 Å². The molecule has 1 amide bonds. The van der Waals surface area contributed by atoms with Gasteiger partial charge in [0.25, 0.3) is 5.91 Å². The summed E-state index contributed by atoms with van der Waals surface area (Å²) in [4.78, 5) is 12.5. The zero-order valence-corrected chi connectivity index (χ0v) is 14.6. The molecule has 0 bridgehead atoms. The fourth-order valence-electron chi connectivity index (χ4n) is 2.43. The van der Waals surface area contributed by atoms with Crippen molar-refractivity contribution in [2.45, 2.75) is 20.3 Å².